The van der Waals surface area contributed by atoms with Crippen molar-refractivity contribution in [2.24, 2.45) is 4.99 Å². The molecule has 0 radical (unpaired) electrons. The smallest absolute Gasteiger partial charge is 0.222 e. The lowest BCUT2D eigenvalue weighted by Gasteiger charge is -2.31. The summed E-state index contributed by atoms with van der Waals surface area (Å²) in [5.74, 6) is 1.11. The van der Waals surface area contributed by atoms with Gasteiger partial charge in [0, 0.05) is 45.2 Å². The van der Waals surface area contributed by atoms with Crippen molar-refractivity contribution in [3.05, 3.63) is 0 Å². The zero-order valence-electron chi connectivity index (χ0n) is 15.0. The monoisotopic (exact) mass is 323 g/mol. The standard InChI is InChI=1S/C17H33N5O/c1-4-18-17(20-14-9-10-16(23)22(3)13-14)19-11-12-21(2)15-7-5-6-8-15/h14-15H,4-13H2,1-3H3,(H2,18,19,20). The molecule has 0 aromatic rings. The van der Waals surface area contributed by atoms with Gasteiger partial charge in [-0.1, -0.05) is 12.8 Å². The van der Waals surface area contributed by atoms with Gasteiger partial charge >= 0.3 is 0 Å². The van der Waals surface area contributed by atoms with Gasteiger partial charge in [-0.2, -0.15) is 0 Å². The molecule has 1 saturated carbocycles. The van der Waals surface area contributed by atoms with Crippen LogP contribution in [0.1, 0.15) is 45.4 Å². The number of nitrogens with one attached hydrogen (secondary N) is 2. The van der Waals surface area contributed by atoms with E-state index in [1.54, 1.807) is 4.90 Å². The molecule has 132 valence electrons. The maximum atomic E-state index is 11.6. The first-order chi connectivity index (χ1) is 11.1. The molecule has 1 atom stereocenters. The van der Waals surface area contributed by atoms with Crippen LogP contribution in [-0.4, -0.2) is 74.0 Å². The number of aliphatic imine (C=N–C) groups is 1. The first-order valence-electron chi connectivity index (χ1n) is 9.09. The van der Waals surface area contributed by atoms with Crippen LogP contribution in [-0.2, 0) is 4.79 Å². The predicted molar refractivity (Wildman–Crippen MR) is 94.7 cm³/mol. The molecule has 2 aliphatic rings. The fourth-order valence-corrected chi connectivity index (χ4v) is 3.49. The van der Waals surface area contributed by atoms with Crippen molar-refractivity contribution in [2.75, 3.05) is 40.3 Å². The molecule has 6 heteroatoms. The molecule has 1 saturated heterocycles. The lowest BCUT2D eigenvalue weighted by atomic mass is 10.1. The number of piperidine rings is 1. The highest BCUT2D eigenvalue weighted by Crippen LogP contribution is 2.21. The summed E-state index contributed by atoms with van der Waals surface area (Å²) in [6.45, 7) is 5.50. The number of amides is 1. The normalized spacial score (nSPS) is 23.7. The Morgan fingerprint density at radius 2 is 2.09 bits per heavy atom. The summed E-state index contributed by atoms with van der Waals surface area (Å²) in [5, 5.41) is 6.79. The fourth-order valence-electron chi connectivity index (χ4n) is 3.49. The van der Waals surface area contributed by atoms with Gasteiger partial charge in [0.2, 0.25) is 5.91 Å². The van der Waals surface area contributed by atoms with E-state index in [9.17, 15) is 4.79 Å². The summed E-state index contributed by atoms with van der Waals surface area (Å²) in [6, 6.07) is 1.04. The molecule has 2 rings (SSSR count). The highest BCUT2D eigenvalue weighted by molar-refractivity contribution is 5.81. The van der Waals surface area contributed by atoms with Gasteiger partial charge in [-0.3, -0.25) is 9.79 Å². The van der Waals surface area contributed by atoms with Gasteiger partial charge in [0.15, 0.2) is 5.96 Å². The zero-order valence-corrected chi connectivity index (χ0v) is 15.0. The van der Waals surface area contributed by atoms with Gasteiger partial charge in [-0.15, -0.1) is 0 Å². The summed E-state index contributed by atoms with van der Waals surface area (Å²) in [5.41, 5.74) is 0. The van der Waals surface area contributed by atoms with Gasteiger partial charge in [-0.25, -0.2) is 0 Å². The predicted octanol–water partition coefficient (Wildman–Crippen LogP) is 1.04. The molecule has 0 aromatic heterocycles. The van der Waals surface area contributed by atoms with E-state index in [0.717, 1.165) is 44.6 Å². The Kier molecular flexibility index (Phi) is 7.15. The Morgan fingerprint density at radius 1 is 1.35 bits per heavy atom. The number of hydrogen-bond acceptors (Lipinski definition) is 3. The summed E-state index contributed by atoms with van der Waals surface area (Å²) in [4.78, 5) is 20.5. The summed E-state index contributed by atoms with van der Waals surface area (Å²) >= 11 is 0. The number of rotatable bonds is 6. The molecule has 1 aliphatic carbocycles. The van der Waals surface area contributed by atoms with Crippen molar-refractivity contribution in [2.45, 2.75) is 57.5 Å². The van der Waals surface area contributed by atoms with Crippen molar-refractivity contribution < 1.29 is 4.79 Å². The summed E-state index contributed by atoms with van der Waals surface area (Å²) in [6.07, 6.45) is 6.92. The van der Waals surface area contributed by atoms with E-state index in [0.29, 0.717) is 12.5 Å². The van der Waals surface area contributed by atoms with Crippen molar-refractivity contribution in [1.82, 2.24) is 20.4 Å². The third kappa shape index (κ3) is 5.68. The van der Waals surface area contributed by atoms with E-state index in [2.05, 4.69) is 29.5 Å². The maximum absolute atomic E-state index is 11.6. The van der Waals surface area contributed by atoms with E-state index in [-0.39, 0.29) is 5.91 Å². The van der Waals surface area contributed by atoms with Crippen LogP contribution < -0.4 is 10.6 Å². The Bertz CT molecular complexity index is 406. The average Bonchev–Trinajstić information content (AvgIpc) is 3.05. The molecule has 1 aliphatic heterocycles. The molecule has 1 heterocycles. The number of hydrogen-bond donors (Lipinski definition) is 2. The lowest BCUT2D eigenvalue weighted by Crippen LogP contribution is -2.51. The second-order valence-corrected chi connectivity index (χ2v) is 6.83. The molecule has 6 nitrogen and oxygen atoms in total. The number of likely N-dealkylation sites (tertiary alicyclic amines) is 1. The van der Waals surface area contributed by atoms with Gasteiger partial charge in [0.1, 0.15) is 0 Å². The van der Waals surface area contributed by atoms with Crippen molar-refractivity contribution >= 4 is 11.9 Å². The maximum Gasteiger partial charge on any atom is 0.222 e. The average molecular weight is 323 g/mol. The number of likely N-dealkylation sites (N-methyl/N-ethyl adjacent to an activating group) is 2. The summed E-state index contributed by atoms with van der Waals surface area (Å²) in [7, 11) is 4.09. The molecule has 0 spiro atoms. The van der Waals surface area contributed by atoms with Crippen LogP contribution in [0.15, 0.2) is 4.99 Å². The minimum absolute atomic E-state index is 0.239. The van der Waals surface area contributed by atoms with Gasteiger partial charge in [0.25, 0.3) is 0 Å². The number of carbonyl (C=O) groups excluding carboxylic acids is 1. The second kappa shape index (κ2) is 9.11. The minimum Gasteiger partial charge on any atom is -0.357 e. The van der Waals surface area contributed by atoms with Crippen LogP contribution in [0, 0.1) is 0 Å². The molecule has 1 unspecified atom stereocenters. The molecular weight excluding hydrogens is 290 g/mol. The van der Waals surface area contributed by atoms with Crippen LogP contribution in [0.4, 0.5) is 0 Å². The Morgan fingerprint density at radius 3 is 2.74 bits per heavy atom. The first-order valence-corrected chi connectivity index (χ1v) is 9.09. The molecular formula is C17H33N5O. The lowest BCUT2D eigenvalue weighted by molar-refractivity contribution is -0.132. The summed E-state index contributed by atoms with van der Waals surface area (Å²) < 4.78 is 0. The Hall–Kier alpha value is -1.30. The number of nitrogens with zero attached hydrogens (tertiary/aromatic N) is 3. The topological polar surface area (TPSA) is 60.0 Å². The van der Waals surface area contributed by atoms with Crippen LogP contribution >= 0.6 is 0 Å². The minimum atomic E-state index is 0.239. The fraction of sp³-hybridized carbons (Fsp3) is 0.882. The molecule has 23 heavy (non-hydrogen) atoms. The van der Waals surface area contributed by atoms with E-state index in [4.69, 9.17) is 4.99 Å². The van der Waals surface area contributed by atoms with Crippen LogP contribution in [0.2, 0.25) is 0 Å². The van der Waals surface area contributed by atoms with E-state index in [1.165, 1.54) is 25.7 Å². The molecule has 0 aromatic carbocycles. The van der Waals surface area contributed by atoms with E-state index >= 15 is 0 Å². The van der Waals surface area contributed by atoms with Crippen LogP contribution in [0.3, 0.4) is 0 Å². The van der Waals surface area contributed by atoms with Gasteiger partial charge in [0.05, 0.1) is 6.54 Å². The molecule has 1 amide bonds. The molecule has 0 bridgehead atoms. The van der Waals surface area contributed by atoms with E-state index in [1.807, 2.05) is 7.05 Å². The second-order valence-electron chi connectivity index (χ2n) is 6.83. The largest absolute Gasteiger partial charge is 0.357 e. The van der Waals surface area contributed by atoms with Crippen LogP contribution in [0.25, 0.3) is 0 Å². The van der Waals surface area contributed by atoms with Crippen molar-refractivity contribution in [1.29, 1.82) is 0 Å². The first kappa shape index (κ1) is 18.0. The highest BCUT2D eigenvalue weighted by Gasteiger charge is 2.23. The quantitative estimate of drug-likeness (QED) is 0.566. The Balaban J connectivity index is 1.78. The Labute approximate surface area is 140 Å². The number of carbonyl (C=O) groups is 1. The van der Waals surface area contributed by atoms with Crippen molar-refractivity contribution in [3.63, 3.8) is 0 Å². The van der Waals surface area contributed by atoms with Gasteiger partial charge < -0.3 is 20.4 Å². The molecule has 2 fully saturated rings. The highest BCUT2D eigenvalue weighted by atomic mass is 16.2. The third-order valence-electron chi connectivity index (χ3n) is 4.98. The zero-order chi connectivity index (χ0) is 16.7. The van der Waals surface area contributed by atoms with E-state index < -0.39 is 0 Å². The van der Waals surface area contributed by atoms with Crippen LogP contribution in [0.5, 0.6) is 0 Å². The molecule has 2 N–H and O–H groups in total. The number of guanidine groups is 1. The van der Waals surface area contributed by atoms with Gasteiger partial charge in [-0.05, 0) is 33.2 Å². The van der Waals surface area contributed by atoms with Crippen molar-refractivity contribution in [3.8, 4) is 0 Å². The third-order valence-corrected chi connectivity index (χ3v) is 4.98. The SMILES string of the molecule is CCNC(=NCCN(C)C1CCCC1)NC1CCC(=O)N(C)C1.